The minimum atomic E-state index is -0.832. The molecule has 6 nitrogen and oxygen atoms in total. The molecule has 0 aliphatic heterocycles. The molecule has 2 unspecified atom stereocenters. The number of halogens is 1. The second-order valence-electron chi connectivity index (χ2n) is 4.81. The molecule has 0 saturated carbocycles. The molecule has 0 saturated heterocycles. The van der Waals surface area contributed by atoms with Gasteiger partial charge < -0.3 is 15.7 Å². The number of benzene rings is 1. The van der Waals surface area contributed by atoms with Crippen molar-refractivity contribution >= 4 is 11.7 Å². The van der Waals surface area contributed by atoms with Crippen LogP contribution in [0.3, 0.4) is 0 Å². The number of aliphatic hydroxyl groups is 1. The maximum Gasteiger partial charge on any atom is 0.271 e. The molecule has 0 bridgehead atoms. The average Bonchev–Trinajstić information content (AvgIpc) is 2.54. The van der Waals surface area contributed by atoms with Crippen LogP contribution < -0.4 is 10.6 Å². The van der Waals surface area contributed by atoms with Gasteiger partial charge in [0.2, 0.25) is 0 Å². The third-order valence-corrected chi connectivity index (χ3v) is 3.18. The SMILES string of the molecule is CNC(=O)c1ccc(NC(C)C(O)c2ccc(F)cc2)nn1. The summed E-state index contributed by atoms with van der Waals surface area (Å²) in [6.45, 7) is 1.77. The van der Waals surface area contributed by atoms with Gasteiger partial charge in [-0.1, -0.05) is 12.1 Å². The summed E-state index contributed by atoms with van der Waals surface area (Å²) < 4.78 is 12.9. The van der Waals surface area contributed by atoms with E-state index in [2.05, 4.69) is 20.8 Å². The maximum atomic E-state index is 12.9. The van der Waals surface area contributed by atoms with Gasteiger partial charge in [-0.2, -0.15) is 0 Å². The second-order valence-corrected chi connectivity index (χ2v) is 4.81. The minimum Gasteiger partial charge on any atom is -0.386 e. The van der Waals surface area contributed by atoms with E-state index in [-0.39, 0.29) is 23.5 Å². The van der Waals surface area contributed by atoms with Crippen molar-refractivity contribution in [1.82, 2.24) is 15.5 Å². The monoisotopic (exact) mass is 304 g/mol. The number of carbonyl (C=O) groups is 1. The molecule has 2 atom stereocenters. The highest BCUT2D eigenvalue weighted by atomic mass is 19.1. The smallest absolute Gasteiger partial charge is 0.271 e. The Hall–Kier alpha value is -2.54. The van der Waals surface area contributed by atoms with Crippen LogP contribution in [0.1, 0.15) is 29.1 Å². The van der Waals surface area contributed by atoms with Gasteiger partial charge in [0, 0.05) is 7.05 Å². The summed E-state index contributed by atoms with van der Waals surface area (Å²) in [6, 6.07) is 8.41. The molecule has 1 amide bonds. The molecule has 0 radical (unpaired) electrons. The number of hydrogen-bond donors (Lipinski definition) is 3. The minimum absolute atomic E-state index is 0.208. The van der Waals surface area contributed by atoms with Gasteiger partial charge in [-0.3, -0.25) is 4.79 Å². The Morgan fingerprint density at radius 1 is 1.18 bits per heavy atom. The van der Waals surface area contributed by atoms with Gasteiger partial charge in [-0.05, 0) is 36.8 Å². The van der Waals surface area contributed by atoms with Gasteiger partial charge in [0.15, 0.2) is 5.69 Å². The quantitative estimate of drug-likeness (QED) is 0.779. The van der Waals surface area contributed by atoms with E-state index in [1.54, 1.807) is 13.0 Å². The zero-order valence-electron chi connectivity index (χ0n) is 12.2. The summed E-state index contributed by atoms with van der Waals surface area (Å²) >= 11 is 0. The third kappa shape index (κ3) is 3.76. The molecule has 1 aromatic carbocycles. The summed E-state index contributed by atoms with van der Waals surface area (Å²) in [4.78, 5) is 11.4. The Kier molecular flexibility index (Phi) is 5.00. The Balaban J connectivity index is 2.03. The van der Waals surface area contributed by atoms with Crippen LogP contribution in [0.15, 0.2) is 36.4 Å². The van der Waals surface area contributed by atoms with E-state index in [1.807, 2.05) is 0 Å². The molecule has 116 valence electrons. The highest BCUT2D eigenvalue weighted by molar-refractivity contribution is 5.91. The van der Waals surface area contributed by atoms with E-state index in [0.29, 0.717) is 11.4 Å². The van der Waals surface area contributed by atoms with Gasteiger partial charge in [0.1, 0.15) is 11.6 Å². The van der Waals surface area contributed by atoms with Gasteiger partial charge in [0.05, 0.1) is 12.1 Å². The number of aliphatic hydroxyl groups excluding tert-OH is 1. The molecular weight excluding hydrogens is 287 g/mol. The first-order valence-corrected chi connectivity index (χ1v) is 6.77. The third-order valence-electron chi connectivity index (χ3n) is 3.18. The fraction of sp³-hybridized carbons (Fsp3) is 0.267. The van der Waals surface area contributed by atoms with E-state index < -0.39 is 6.10 Å². The van der Waals surface area contributed by atoms with Crippen LogP contribution in [0.5, 0.6) is 0 Å². The molecule has 7 heteroatoms. The first kappa shape index (κ1) is 15.8. The van der Waals surface area contributed by atoms with Crippen LogP contribution >= 0.6 is 0 Å². The largest absolute Gasteiger partial charge is 0.386 e. The van der Waals surface area contributed by atoms with Crippen molar-refractivity contribution in [3.05, 3.63) is 53.5 Å². The zero-order valence-corrected chi connectivity index (χ0v) is 12.2. The van der Waals surface area contributed by atoms with E-state index in [1.165, 1.54) is 37.4 Å². The highest BCUT2D eigenvalue weighted by Gasteiger charge is 2.17. The summed E-state index contributed by atoms with van der Waals surface area (Å²) in [5.74, 6) is -0.244. The predicted molar refractivity (Wildman–Crippen MR) is 79.9 cm³/mol. The zero-order chi connectivity index (χ0) is 16.1. The molecular formula is C15H17FN4O2. The highest BCUT2D eigenvalue weighted by Crippen LogP contribution is 2.19. The van der Waals surface area contributed by atoms with Crippen LogP contribution in [0.25, 0.3) is 0 Å². The second kappa shape index (κ2) is 6.95. The van der Waals surface area contributed by atoms with Crippen molar-refractivity contribution in [2.24, 2.45) is 0 Å². The van der Waals surface area contributed by atoms with Crippen LogP contribution in [0, 0.1) is 5.82 Å². The van der Waals surface area contributed by atoms with Gasteiger partial charge in [0.25, 0.3) is 5.91 Å². The van der Waals surface area contributed by atoms with Crippen molar-refractivity contribution in [3.63, 3.8) is 0 Å². The van der Waals surface area contributed by atoms with Crippen LogP contribution in [-0.2, 0) is 0 Å². The first-order valence-electron chi connectivity index (χ1n) is 6.77. The van der Waals surface area contributed by atoms with Crippen molar-refractivity contribution in [2.45, 2.75) is 19.1 Å². The Labute approximate surface area is 127 Å². The molecule has 2 rings (SSSR count). The molecule has 3 N–H and O–H groups in total. The molecule has 1 aromatic heterocycles. The molecule has 0 spiro atoms. The average molecular weight is 304 g/mol. The molecule has 0 aliphatic rings. The lowest BCUT2D eigenvalue weighted by atomic mass is 10.0. The van der Waals surface area contributed by atoms with Crippen molar-refractivity contribution in [3.8, 4) is 0 Å². The summed E-state index contributed by atoms with van der Waals surface area (Å²) in [6.07, 6.45) is -0.832. The van der Waals surface area contributed by atoms with Gasteiger partial charge >= 0.3 is 0 Å². The van der Waals surface area contributed by atoms with E-state index in [4.69, 9.17) is 0 Å². The van der Waals surface area contributed by atoms with Crippen molar-refractivity contribution in [1.29, 1.82) is 0 Å². The Morgan fingerprint density at radius 3 is 2.41 bits per heavy atom. The summed E-state index contributed by atoms with van der Waals surface area (Å²) in [7, 11) is 1.51. The van der Waals surface area contributed by atoms with Crippen LogP contribution in [0.2, 0.25) is 0 Å². The van der Waals surface area contributed by atoms with Crippen LogP contribution in [0.4, 0.5) is 10.2 Å². The lowest BCUT2D eigenvalue weighted by molar-refractivity contribution is 0.0957. The number of nitrogens with zero attached hydrogens (tertiary/aromatic N) is 2. The number of aromatic nitrogens is 2. The maximum absolute atomic E-state index is 12.9. The molecule has 0 aliphatic carbocycles. The summed E-state index contributed by atoms with van der Waals surface area (Å²) in [5.41, 5.74) is 0.802. The van der Waals surface area contributed by atoms with E-state index in [9.17, 15) is 14.3 Å². The number of amides is 1. The van der Waals surface area contributed by atoms with Crippen molar-refractivity contribution in [2.75, 3.05) is 12.4 Å². The molecule has 2 aromatic rings. The molecule has 0 fully saturated rings. The Morgan fingerprint density at radius 2 is 1.86 bits per heavy atom. The van der Waals surface area contributed by atoms with Crippen LogP contribution in [-0.4, -0.2) is 34.3 Å². The number of rotatable bonds is 5. The standard InChI is InChI=1S/C15H17FN4O2/c1-9(14(21)10-3-5-11(16)6-4-10)18-13-8-7-12(19-20-13)15(22)17-2/h3-9,14,21H,1-2H3,(H,17,22)(H,18,20). The Bertz CT molecular complexity index is 631. The van der Waals surface area contributed by atoms with E-state index in [0.717, 1.165) is 0 Å². The number of nitrogens with one attached hydrogen (secondary N) is 2. The first-order chi connectivity index (χ1) is 10.5. The van der Waals surface area contributed by atoms with Crippen molar-refractivity contribution < 1.29 is 14.3 Å². The normalized spacial score (nSPS) is 13.3. The molecule has 22 heavy (non-hydrogen) atoms. The lowest BCUT2D eigenvalue weighted by Gasteiger charge is -2.20. The topological polar surface area (TPSA) is 87.1 Å². The number of anilines is 1. The fourth-order valence-corrected chi connectivity index (χ4v) is 1.92. The fourth-order valence-electron chi connectivity index (χ4n) is 1.92. The number of hydrogen-bond acceptors (Lipinski definition) is 5. The summed E-state index contributed by atoms with van der Waals surface area (Å²) in [5, 5.41) is 23.3. The number of carbonyl (C=O) groups excluding carboxylic acids is 1. The lowest BCUT2D eigenvalue weighted by Crippen LogP contribution is -2.25. The molecule has 1 heterocycles. The van der Waals surface area contributed by atoms with E-state index >= 15 is 0 Å². The van der Waals surface area contributed by atoms with Gasteiger partial charge in [-0.15, -0.1) is 10.2 Å². The predicted octanol–water partition coefficient (Wildman–Crippen LogP) is 1.51. The van der Waals surface area contributed by atoms with Gasteiger partial charge in [-0.25, -0.2) is 4.39 Å².